The number of hydrogen-bond acceptors (Lipinski definition) is 5. The lowest BCUT2D eigenvalue weighted by molar-refractivity contribution is -0.132. The highest BCUT2D eigenvalue weighted by Crippen LogP contribution is 2.29. The molecule has 0 aliphatic carbocycles. The van der Waals surface area contributed by atoms with Crippen molar-refractivity contribution in [1.82, 2.24) is 20.4 Å². The number of hydrogen-bond donors (Lipinski definition) is 2. The molecule has 1 aliphatic heterocycles. The van der Waals surface area contributed by atoms with Crippen LogP contribution in [0.2, 0.25) is 0 Å². The molecule has 3 rings (SSSR count). The first-order valence-corrected chi connectivity index (χ1v) is 8.98. The van der Waals surface area contributed by atoms with Crippen molar-refractivity contribution >= 4 is 5.91 Å². The Morgan fingerprint density at radius 3 is 2.81 bits per heavy atom. The van der Waals surface area contributed by atoms with Gasteiger partial charge in [-0.05, 0) is 56.6 Å². The normalized spacial score (nSPS) is 16.1. The van der Waals surface area contributed by atoms with E-state index in [2.05, 4.69) is 15.7 Å². The van der Waals surface area contributed by atoms with Crippen LogP contribution in [-0.2, 0) is 16.9 Å². The van der Waals surface area contributed by atoms with E-state index in [-0.39, 0.29) is 5.91 Å². The zero-order chi connectivity index (χ0) is 18.4. The van der Waals surface area contributed by atoms with E-state index in [9.17, 15) is 4.79 Å². The van der Waals surface area contributed by atoms with E-state index in [1.54, 1.807) is 18.0 Å². The molecule has 0 saturated carbocycles. The second-order valence-corrected chi connectivity index (χ2v) is 6.33. The predicted molar refractivity (Wildman–Crippen MR) is 98.3 cm³/mol. The van der Waals surface area contributed by atoms with Gasteiger partial charge in [0.25, 0.3) is 0 Å². The molecule has 0 bridgehead atoms. The van der Waals surface area contributed by atoms with Gasteiger partial charge in [-0.3, -0.25) is 9.48 Å². The highest BCUT2D eigenvalue weighted by atomic mass is 16.5. The van der Waals surface area contributed by atoms with Crippen molar-refractivity contribution in [2.75, 3.05) is 26.8 Å². The number of rotatable bonds is 7. The Hall–Kier alpha value is -2.54. The second kappa shape index (κ2) is 8.23. The van der Waals surface area contributed by atoms with Crippen molar-refractivity contribution in [3.63, 3.8) is 0 Å². The van der Waals surface area contributed by atoms with Gasteiger partial charge in [-0.25, -0.2) is 0 Å². The molecule has 0 radical (unpaired) electrons. The quantitative estimate of drug-likeness (QED) is 0.788. The number of nitrogens with one attached hydrogen (secondary N) is 2. The number of benzene rings is 1. The predicted octanol–water partition coefficient (Wildman–Crippen LogP) is 1.69. The van der Waals surface area contributed by atoms with Crippen molar-refractivity contribution in [3.8, 4) is 11.5 Å². The summed E-state index contributed by atoms with van der Waals surface area (Å²) in [5.74, 6) is 1.37. The topological polar surface area (TPSA) is 77.4 Å². The van der Waals surface area contributed by atoms with Gasteiger partial charge in [0.15, 0.2) is 11.5 Å². The van der Waals surface area contributed by atoms with Crippen molar-refractivity contribution in [2.45, 2.75) is 31.8 Å². The monoisotopic (exact) mass is 358 g/mol. The number of carbonyl (C=O) groups excluding carboxylic acids is 1. The van der Waals surface area contributed by atoms with Crippen molar-refractivity contribution < 1.29 is 14.3 Å². The Balaban J connectivity index is 1.73. The number of piperidine rings is 1. The van der Waals surface area contributed by atoms with E-state index in [1.807, 2.05) is 37.4 Å². The number of ether oxygens (including phenoxy) is 2. The molecule has 26 heavy (non-hydrogen) atoms. The van der Waals surface area contributed by atoms with E-state index in [4.69, 9.17) is 9.47 Å². The molecule has 0 atom stereocenters. The van der Waals surface area contributed by atoms with Crippen LogP contribution in [0.15, 0.2) is 36.7 Å². The summed E-state index contributed by atoms with van der Waals surface area (Å²) in [6, 6.07) is 7.57. The molecule has 1 aromatic heterocycles. The van der Waals surface area contributed by atoms with Crippen LogP contribution in [0.25, 0.3) is 0 Å². The molecule has 1 aromatic carbocycles. The maximum Gasteiger partial charge on any atom is 0.248 e. The lowest BCUT2D eigenvalue weighted by atomic mass is 9.87. The van der Waals surface area contributed by atoms with E-state index in [0.717, 1.165) is 18.7 Å². The summed E-state index contributed by atoms with van der Waals surface area (Å²) in [5, 5.41) is 10.7. The molecule has 0 unspecified atom stereocenters. The van der Waals surface area contributed by atoms with Gasteiger partial charge in [0.2, 0.25) is 5.91 Å². The van der Waals surface area contributed by atoms with E-state index < -0.39 is 5.54 Å². The van der Waals surface area contributed by atoms with Crippen LogP contribution in [0.5, 0.6) is 11.5 Å². The summed E-state index contributed by atoms with van der Waals surface area (Å²) < 4.78 is 12.7. The molecule has 140 valence electrons. The minimum atomic E-state index is -0.635. The van der Waals surface area contributed by atoms with Crippen molar-refractivity contribution in [2.24, 2.45) is 0 Å². The Labute approximate surface area is 153 Å². The fourth-order valence-corrected chi connectivity index (χ4v) is 3.37. The van der Waals surface area contributed by atoms with Gasteiger partial charge < -0.3 is 20.1 Å². The van der Waals surface area contributed by atoms with Crippen LogP contribution in [0.1, 0.15) is 25.3 Å². The average molecular weight is 358 g/mol. The third kappa shape index (κ3) is 3.67. The summed E-state index contributed by atoms with van der Waals surface area (Å²) in [4.78, 5) is 13.1. The van der Waals surface area contributed by atoms with Crippen LogP contribution < -0.4 is 20.1 Å². The maximum absolute atomic E-state index is 13.1. The molecule has 1 saturated heterocycles. The number of nitrogens with zero attached hydrogens (tertiary/aromatic N) is 2. The molecule has 0 spiro atoms. The third-order valence-electron chi connectivity index (χ3n) is 4.78. The average Bonchev–Trinajstić information content (AvgIpc) is 3.23. The molecule has 1 fully saturated rings. The van der Waals surface area contributed by atoms with Gasteiger partial charge in [0.1, 0.15) is 5.54 Å². The first-order chi connectivity index (χ1) is 12.7. The molecule has 7 nitrogen and oxygen atoms in total. The zero-order valence-electron chi connectivity index (χ0n) is 15.3. The van der Waals surface area contributed by atoms with E-state index in [1.165, 1.54) is 0 Å². The first-order valence-electron chi connectivity index (χ1n) is 8.98. The third-order valence-corrected chi connectivity index (χ3v) is 4.78. The van der Waals surface area contributed by atoms with Gasteiger partial charge in [-0.15, -0.1) is 0 Å². The van der Waals surface area contributed by atoms with Gasteiger partial charge in [-0.1, -0.05) is 6.07 Å². The maximum atomic E-state index is 13.1. The Kier molecular flexibility index (Phi) is 5.78. The van der Waals surface area contributed by atoms with Crippen LogP contribution in [0.3, 0.4) is 0 Å². The summed E-state index contributed by atoms with van der Waals surface area (Å²) in [7, 11) is 1.61. The summed E-state index contributed by atoms with van der Waals surface area (Å²) in [6.45, 7) is 4.53. The summed E-state index contributed by atoms with van der Waals surface area (Å²) in [6.07, 6.45) is 5.01. The van der Waals surface area contributed by atoms with Gasteiger partial charge in [-0.2, -0.15) is 5.10 Å². The van der Waals surface area contributed by atoms with Gasteiger partial charge in [0.05, 0.1) is 13.7 Å². The molecule has 2 heterocycles. The van der Waals surface area contributed by atoms with Crippen molar-refractivity contribution in [3.05, 3.63) is 42.2 Å². The molecular weight excluding hydrogens is 332 g/mol. The SMILES string of the molecule is CCOc1ccc(CNC(=O)C2(n3cccn3)CCNCC2)cc1OC. The molecule has 1 aliphatic rings. The lowest BCUT2D eigenvalue weighted by Crippen LogP contribution is -2.54. The van der Waals surface area contributed by atoms with Crippen LogP contribution >= 0.6 is 0 Å². The fraction of sp³-hybridized carbons (Fsp3) is 0.474. The molecule has 1 amide bonds. The standard InChI is InChI=1S/C19H26N4O3/c1-3-26-16-6-5-15(13-17(16)25-2)14-21-18(24)19(7-10-20-11-8-19)23-12-4-9-22-23/h4-6,9,12-13,20H,3,7-8,10-11,14H2,1-2H3,(H,21,24). The summed E-state index contributed by atoms with van der Waals surface area (Å²) >= 11 is 0. The number of aromatic nitrogens is 2. The number of amides is 1. The minimum absolute atomic E-state index is 0.00412. The highest BCUT2D eigenvalue weighted by Gasteiger charge is 2.41. The Morgan fingerprint density at radius 1 is 1.35 bits per heavy atom. The summed E-state index contributed by atoms with van der Waals surface area (Å²) in [5.41, 5.74) is 0.326. The molecule has 2 N–H and O–H groups in total. The smallest absolute Gasteiger partial charge is 0.248 e. The second-order valence-electron chi connectivity index (χ2n) is 6.33. The molecule has 2 aromatic rings. The first kappa shape index (κ1) is 18.3. The van der Waals surface area contributed by atoms with Crippen LogP contribution in [0.4, 0.5) is 0 Å². The molecule has 7 heteroatoms. The van der Waals surface area contributed by atoms with Gasteiger partial charge in [0, 0.05) is 18.9 Å². The van der Waals surface area contributed by atoms with E-state index >= 15 is 0 Å². The van der Waals surface area contributed by atoms with Gasteiger partial charge >= 0.3 is 0 Å². The minimum Gasteiger partial charge on any atom is -0.493 e. The van der Waals surface area contributed by atoms with E-state index in [0.29, 0.717) is 37.5 Å². The fourth-order valence-electron chi connectivity index (χ4n) is 3.37. The number of carbonyl (C=O) groups is 1. The number of methoxy groups -OCH3 is 1. The highest BCUT2D eigenvalue weighted by molar-refractivity contribution is 5.84. The zero-order valence-corrected chi connectivity index (χ0v) is 15.3. The van der Waals surface area contributed by atoms with Crippen LogP contribution in [-0.4, -0.2) is 42.5 Å². The lowest BCUT2D eigenvalue weighted by Gasteiger charge is -2.36. The Bertz CT molecular complexity index is 724. The van der Waals surface area contributed by atoms with Crippen molar-refractivity contribution in [1.29, 1.82) is 0 Å². The van der Waals surface area contributed by atoms with Crippen LogP contribution in [0, 0.1) is 0 Å². The Morgan fingerprint density at radius 2 is 2.15 bits per heavy atom. The largest absolute Gasteiger partial charge is 0.493 e. The molecular formula is C19H26N4O3.